The van der Waals surface area contributed by atoms with Gasteiger partial charge in [-0.3, -0.25) is 0 Å². The molecule has 1 nitrogen and oxygen atoms in total. The van der Waals surface area contributed by atoms with E-state index in [4.69, 9.17) is 5.11 Å². The van der Waals surface area contributed by atoms with Crippen molar-refractivity contribution in [3.63, 3.8) is 0 Å². The lowest BCUT2D eigenvalue weighted by atomic mass is 9.99. The minimum absolute atomic E-state index is 3.89. The van der Waals surface area contributed by atoms with Gasteiger partial charge in [0.1, 0.15) is 0 Å². The van der Waals surface area contributed by atoms with Gasteiger partial charge >= 0.3 is 6.11 Å². The molecule has 128 valence electrons. The molecule has 12 heteroatoms. The van der Waals surface area contributed by atoms with Crippen LogP contribution in [0.3, 0.4) is 0 Å². The Hall–Kier alpha value is -0.810. The molecule has 0 saturated carbocycles. The van der Waals surface area contributed by atoms with E-state index in [2.05, 4.69) is 0 Å². The van der Waals surface area contributed by atoms with Crippen LogP contribution >= 0.6 is 0 Å². The molecule has 0 spiro atoms. The van der Waals surface area contributed by atoms with Crippen molar-refractivity contribution in [2.24, 2.45) is 0 Å². The quantitative estimate of drug-likeness (QED) is 0.672. The van der Waals surface area contributed by atoms with Crippen molar-refractivity contribution in [2.75, 3.05) is 0 Å². The van der Waals surface area contributed by atoms with Crippen LogP contribution in [-0.4, -0.2) is 60.8 Å². The maximum Gasteiger partial charge on any atom is 0.387 e. The highest BCUT2D eigenvalue weighted by atomic mass is 19.3. The first-order chi connectivity index (χ1) is 9.32. The molecule has 7 atom stereocenters. The van der Waals surface area contributed by atoms with Crippen molar-refractivity contribution in [3.8, 4) is 0 Å². The zero-order chi connectivity index (χ0) is 17.1. The van der Waals surface area contributed by atoms with Gasteiger partial charge in [0.2, 0.25) is 6.17 Å². The molecule has 0 aromatic heterocycles. The molecule has 0 rings (SSSR count). The van der Waals surface area contributed by atoms with E-state index in [1.54, 1.807) is 0 Å². The van der Waals surface area contributed by atoms with Crippen LogP contribution in [0.5, 0.6) is 0 Å². The van der Waals surface area contributed by atoms with Gasteiger partial charge in [0, 0.05) is 0 Å². The molecule has 1 N–H and O–H groups in total. The second-order valence-corrected chi connectivity index (χ2v) is 3.99. The molecule has 0 aliphatic rings. The molecular weight excluding hydrogens is 333 g/mol. The third kappa shape index (κ3) is 5.15. The van der Waals surface area contributed by atoms with E-state index < -0.39 is 55.7 Å². The lowest BCUT2D eigenvalue weighted by molar-refractivity contribution is -0.258. The van der Waals surface area contributed by atoms with Crippen molar-refractivity contribution < 1.29 is 53.4 Å². The van der Waals surface area contributed by atoms with Gasteiger partial charge < -0.3 is 5.11 Å². The normalized spacial score (nSPS) is 23.3. The van der Waals surface area contributed by atoms with Gasteiger partial charge in [-0.15, -0.1) is 0 Å². The number of rotatable bonds is 8. The Labute approximate surface area is 110 Å². The number of hydrogen-bond donors (Lipinski definition) is 1. The fraction of sp³-hybridized carbons (Fsp3) is 1.00. The fourth-order valence-corrected chi connectivity index (χ4v) is 1.19. The summed E-state index contributed by atoms with van der Waals surface area (Å²) in [5, 5.41) is 7.73. The molecule has 0 aromatic carbocycles. The topological polar surface area (TPSA) is 20.2 Å². The van der Waals surface area contributed by atoms with E-state index >= 15 is 0 Å². The molecule has 7 unspecified atom stereocenters. The van der Waals surface area contributed by atoms with Crippen LogP contribution in [0.2, 0.25) is 0 Å². The molecule has 0 saturated heterocycles. The Bertz CT molecular complexity index is 309. The molecule has 0 heterocycles. The fourth-order valence-electron chi connectivity index (χ4n) is 1.19. The highest BCUT2D eigenvalue weighted by Gasteiger charge is 2.52. The first-order valence-electron chi connectivity index (χ1n) is 5.19. The van der Waals surface area contributed by atoms with Crippen LogP contribution in [0, 0.1) is 0 Å². The van der Waals surface area contributed by atoms with Gasteiger partial charge in [0.15, 0.2) is 37.0 Å². The molecule has 21 heavy (non-hydrogen) atoms. The molecule has 0 radical (unpaired) electrons. The summed E-state index contributed by atoms with van der Waals surface area (Å²) in [5.41, 5.74) is 0. The van der Waals surface area contributed by atoms with Gasteiger partial charge in [-0.2, -0.15) is 8.78 Å². The Balaban J connectivity index is 4.87. The highest BCUT2D eigenvalue weighted by molar-refractivity contribution is 4.93. The van der Waals surface area contributed by atoms with Crippen molar-refractivity contribution in [1.82, 2.24) is 0 Å². The zero-order valence-electron chi connectivity index (χ0n) is 9.72. The standard InChI is InChI=1S/C9H9F11O/c10-1(2(11)4(13)6(15)8(17)18)3(12)5(14)7(16)9(19,20)21/h1-8,21H. The van der Waals surface area contributed by atoms with Gasteiger partial charge in [-0.05, 0) is 0 Å². The summed E-state index contributed by atoms with van der Waals surface area (Å²) in [5.74, 6) is 0. The molecule has 0 aliphatic carbocycles. The number of halogens is 11. The van der Waals surface area contributed by atoms with E-state index in [0.717, 1.165) is 0 Å². The van der Waals surface area contributed by atoms with E-state index in [-0.39, 0.29) is 0 Å². The van der Waals surface area contributed by atoms with Crippen LogP contribution in [0.25, 0.3) is 0 Å². The van der Waals surface area contributed by atoms with Gasteiger partial charge in [-0.1, -0.05) is 0 Å². The van der Waals surface area contributed by atoms with Crippen LogP contribution in [0.15, 0.2) is 0 Å². The monoisotopic (exact) mass is 342 g/mol. The largest absolute Gasteiger partial charge is 0.387 e. The Morgan fingerprint density at radius 1 is 0.524 bits per heavy atom. The van der Waals surface area contributed by atoms with Crippen molar-refractivity contribution in [2.45, 2.75) is 55.7 Å². The zero-order valence-corrected chi connectivity index (χ0v) is 9.72. The summed E-state index contributed by atoms with van der Waals surface area (Å²) in [6.07, 6.45) is -38.0. The smallest absolute Gasteiger partial charge is 0.334 e. The first kappa shape index (κ1) is 20.2. The minimum Gasteiger partial charge on any atom is -0.334 e. The summed E-state index contributed by atoms with van der Waals surface area (Å²) in [7, 11) is 0. The van der Waals surface area contributed by atoms with Crippen LogP contribution in [-0.2, 0) is 0 Å². The van der Waals surface area contributed by atoms with E-state index in [0.29, 0.717) is 0 Å². The summed E-state index contributed by atoms with van der Waals surface area (Å²) in [6, 6.07) is 0. The average Bonchev–Trinajstić information content (AvgIpc) is 2.40. The van der Waals surface area contributed by atoms with E-state index in [9.17, 15) is 48.3 Å². The van der Waals surface area contributed by atoms with Crippen LogP contribution in [0.4, 0.5) is 48.3 Å². The van der Waals surface area contributed by atoms with E-state index in [1.165, 1.54) is 0 Å². The van der Waals surface area contributed by atoms with Gasteiger partial charge in [0.25, 0.3) is 6.43 Å². The molecular formula is C9H9F11O. The Kier molecular flexibility index (Phi) is 7.16. The van der Waals surface area contributed by atoms with Crippen LogP contribution < -0.4 is 0 Å². The van der Waals surface area contributed by atoms with Gasteiger partial charge in [-0.25, -0.2) is 39.5 Å². The highest BCUT2D eigenvalue weighted by Crippen LogP contribution is 2.31. The second-order valence-electron chi connectivity index (χ2n) is 3.99. The predicted molar refractivity (Wildman–Crippen MR) is 47.4 cm³/mol. The Morgan fingerprint density at radius 2 is 0.810 bits per heavy atom. The second kappa shape index (κ2) is 7.45. The maximum atomic E-state index is 12.9. The van der Waals surface area contributed by atoms with Crippen molar-refractivity contribution >= 4 is 0 Å². The summed E-state index contributed by atoms with van der Waals surface area (Å²) >= 11 is 0. The maximum absolute atomic E-state index is 12.9. The lowest BCUT2D eigenvalue weighted by Crippen LogP contribution is -2.49. The molecule has 0 aliphatic heterocycles. The molecule has 0 aromatic rings. The van der Waals surface area contributed by atoms with Crippen LogP contribution in [0.1, 0.15) is 0 Å². The Morgan fingerprint density at radius 3 is 1.10 bits per heavy atom. The van der Waals surface area contributed by atoms with Crippen molar-refractivity contribution in [3.05, 3.63) is 0 Å². The SMILES string of the molecule is OC(F)(F)C(F)C(F)C(F)C(F)C(F)C(F)C(F)C(F)F. The minimum atomic E-state index is -5.45. The number of aliphatic hydroxyl groups is 1. The third-order valence-corrected chi connectivity index (χ3v) is 2.37. The average molecular weight is 342 g/mol. The first-order valence-corrected chi connectivity index (χ1v) is 5.19. The summed E-state index contributed by atoms with van der Waals surface area (Å²) < 4.78 is 136. The van der Waals surface area contributed by atoms with E-state index in [1.807, 2.05) is 0 Å². The molecule has 0 fully saturated rings. The number of alkyl halides is 11. The van der Waals surface area contributed by atoms with Crippen molar-refractivity contribution in [1.29, 1.82) is 0 Å². The number of hydrogen-bond acceptors (Lipinski definition) is 1. The molecule has 0 amide bonds. The summed E-state index contributed by atoms with van der Waals surface area (Å²) in [6.45, 7) is 0. The van der Waals surface area contributed by atoms with Gasteiger partial charge in [0.05, 0.1) is 0 Å². The predicted octanol–water partition coefficient (Wildman–Crippen LogP) is 3.20. The third-order valence-electron chi connectivity index (χ3n) is 2.37. The lowest BCUT2D eigenvalue weighted by Gasteiger charge is -2.26. The summed E-state index contributed by atoms with van der Waals surface area (Å²) in [4.78, 5) is 0. The molecule has 0 bridgehead atoms.